The van der Waals surface area contributed by atoms with E-state index in [4.69, 9.17) is 23.7 Å². The summed E-state index contributed by atoms with van der Waals surface area (Å²) in [6.45, 7) is 5.39. The first-order valence-electron chi connectivity index (χ1n) is 20.3. The summed E-state index contributed by atoms with van der Waals surface area (Å²) in [5.41, 5.74) is 5.53. The molecular formula is C38H62N4O15S. The van der Waals surface area contributed by atoms with Crippen LogP contribution in [0.15, 0.2) is 5.38 Å². The molecule has 2 saturated carbocycles. The van der Waals surface area contributed by atoms with E-state index >= 15 is 0 Å². The lowest BCUT2D eigenvalue weighted by Gasteiger charge is -2.47. The highest BCUT2D eigenvalue weighted by Gasteiger charge is 2.51. The highest BCUT2D eigenvalue weighted by molar-refractivity contribution is 7.11. The third kappa shape index (κ3) is 11.7. The van der Waals surface area contributed by atoms with Gasteiger partial charge in [-0.05, 0) is 44.9 Å². The Hall–Kier alpha value is -2.44. The summed E-state index contributed by atoms with van der Waals surface area (Å²) in [5.74, 6) is -2.79. The van der Waals surface area contributed by atoms with E-state index in [0.29, 0.717) is 12.1 Å². The third-order valence-corrected chi connectivity index (χ3v) is 12.8. The Morgan fingerprint density at radius 2 is 1.69 bits per heavy atom. The van der Waals surface area contributed by atoms with E-state index in [0.717, 1.165) is 43.4 Å². The quantitative estimate of drug-likeness (QED) is 0.0786. The van der Waals surface area contributed by atoms with E-state index in [1.807, 2.05) is 6.92 Å². The van der Waals surface area contributed by atoms with Crippen LogP contribution >= 0.6 is 11.3 Å². The van der Waals surface area contributed by atoms with E-state index in [9.17, 15) is 50.1 Å². The number of ether oxygens (including phenoxy) is 5. The number of carbonyl (C=O) groups excluding carboxylic acids is 3. The molecule has 4 fully saturated rings. The predicted molar refractivity (Wildman–Crippen MR) is 203 cm³/mol. The second-order valence-electron chi connectivity index (χ2n) is 16.1. The van der Waals surface area contributed by atoms with Gasteiger partial charge in [0.1, 0.15) is 48.8 Å². The molecule has 2 saturated heterocycles. The molecule has 58 heavy (non-hydrogen) atoms. The fourth-order valence-corrected chi connectivity index (χ4v) is 9.30. The van der Waals surface area contributed by atoms with Gasteiger partial charge >= 0.3 is 0 Å². The van der Waals surface area contributed by atoms with E-state index in [2.05, 4.69) is 21.2 Å². The van der Waals surface area contributed by atoms with Gasteiger partial charge in [-0.25, -0.2) is 4.98 Å². The first-order chi connectivity index (χ1) is 27.6. The summed E-state index contributed by atoms with van der Waals surface area (Å²) in [7, 11) is 0. The zero-order valence-corrected chi connectivity index (χ0v) is 34.2. The molecule has 1 aromatic heterocycles. The normalized spacial score (nSPS) is 36.8. The Kier molecular flexibility index (Phi) is 17.2. The summed E-state index contributed by atoms with van der Waals surface area (Å²) in [4.78, 5) is 43.4. The Morgan fingerprint density at radius 3 is 2.31 bits per heavy atom. The molecule has 10 N–H and O–H groups in total. The van der Waals surface area contributed by atoms with Crippen LogP contribution in [-0.2, 0) is 33.3 Å². The summed E-state index contributed by atoms with van der Waals surface area (Å²) in [6, 6.07) is -1.21. The van der Waals surface area contributed by atoms with Crippen LogP contribution in [0.5, 0.6) is 0 Å². The average Bonchev–Trinajstić information content (AvgIpc) is 3.60. The van der Waals surface area contributed by atoms with Gasteiger partial charge in [0.25, 0.3) is 5.91 Å². The van der Waals surface area contributed by atoms with Gasteiger partial charge in [0.2, 0.25) is 11.8 Å². The number of hydrogen-bond donors (Lipinski definition) is 10. The number of nitrogens with one attached hydrogen (secondary N) is 3. The fourth-order valence-electron chi connectivity index (χ4n) is 8.61. The molecule has 4 aliphatic rings. The number of nitrogens with zero attached hydrogens (tertiary/aromatic N) is 1. The van der Waals surface area contributed by atoms with Crippen LogP contribution in [0.1, 0.15) is 94.1 Å². The lowest BCUT2D eigenvalue weighted by atomic mass is 9.75. The van der Waals surface area contributed by atoms with Crippen molar-refractivity contribution in [2.45, 2.75) is 171 Å². The van der Waals surface area contributed by atoms with Crippen molar-refractivity contribution in [2.75, 3.05) is 13.2 Å². The minimum absolute atomic E-state index is 0.0385. The Labute approximate surface area is 341 Å². The Bertz CT molecular complexity index is 1480. The smallest absolute Gasteiger partial charge is 0.298 e. The molecule has 15 atom stereocenters. The molecule has 1 aromatic rings. The number of aliphatic hydroxyl groups is 7. The second kappa shape index (κ2) is 21.4. The molecule has 2 aliphatic carbocycles. The Balaban J connectivity index is 1.45. The van der Waals surface area contributed by atoms with Crippen molar-refractivity contribution in [3.8, 4) is 0 Å². The molecule has 3 amide bonds. The van der Waals surface area contributed by atoms with Crippen molar-refractivity contribution >= 4 is 29.1 Å². The Morgan fingerprint density at radius 1 is 0.966 bits per heavy atom. The SMILES string of the molecule is CCC1CC(C(=O)NNC(=O)c2nc(C)cs2)CC(OC2COC(CO)C(O)C(OC(CC3CCCCC3)C(O)O)C2NC(C)=O)C1OC1OC(C)C(O)C(O)C1O. The molecule has 0 spiro atoms. The van der Waals surface area contributed by atoms with Gasteiger partial charge in [-0.1, -0.05) is 45.4 Å². The summed E-state index contributed by atoms with van der Waals surface area (Å²) >= 11 is 1.12. The molecule has 3 heterocycles. The molecule has 330 valence electrons. The molecule has 0 bridgehead atoms. The van der Waals surface area contributed by atoms with Gasteiger partial charge in [-0.3, -0.25) is 25.2 Å². The maximum atomic E-state index is 13.7. The number of carbonyl (C=O) groups is 3. The lowest BCUT2D eigenvalue weighted by Crippen LogP contribution is -2.62. The van der Waals surface area contributed by atoms with Crippen LogP contribution in [0.3, 0.4) is 0 Å². The third-order valence-electron chi connectivity index (χ3n) is 11.8. The van der Waals surface area contributed by atoms with Gasteiger partial charge < -0.3 is 64.7 Å². The van der Waals surface area contributed by atoms with Crippen molar-refractivity contribution < 1.29 is 73.8 Å². The average molecular weight is 847 g/mol. The maximum absolute atomic E-state index is 13.7. The van der Waals surface area contributed by atoms with Gasteiger partial charge in [0.15, 0.2) is 17.6 Å². The van der Waals surface area contributed by atoms with Crippen LogP contribution in [0.2, 0.25) is 0 Å². The highest BCUT2D eigenvalue weighted by atomic mass is 32.1. The minimum atomic E-state index is -1.94. The first kappa shape index (κ1) is 46.6. The van der Waals surface area contributed by atoms with Crippen molar-refractivity contribution in [2.24, 2.45) is 17.8 Å². The molecule has 0 aromatic carbocycles. The zero-order valence-electron chi connectivity index (χ0n) is 33.4. The van der Waals surface area contributed by atoms with E-state index in [-0.39, 0.29) is 36.8 Å². The summed E-state index contributed by atoms with van der Waals surface area (Å²) < 4.78 is 31.3. The van der Waals surface area contributed by atoms with Crippen LogP contribution in [-0.4, -0.2) is 157 Å². The van der Waals surface area contributed by atoms with Crippen LogP contribution in [0, 0.1) is 24.7 Å². The van der Waals surface area contributed by atoms with Crippen molar-refractivity contribution in [1.29, 1.82) is 0 Å². The highest BCUT2D eigenvalue weighted by Crippen LogP contribution is 2.39. The minimum Gasteiger partial charge on any atom is -0.394 e. The summed E-state index contributed by atoms with van der Waals surface area (Å²) in [5, 5.41) is 79.4. The van der Waals surface area contributed by atoms with Gasteiger partial charge in [0, 0.05) is 23.9 Å². The maximum Gasteiger partial charge on any atom is 0.298 e. The molecular weight excluding hydrogens is 784 g/mol. The monoisotopic (exact) mass is 846 g/mol. The van der Waals surface area contributed by atoms with E-state index < -0.39 is 122 Å². The molecule has 5 rings (SSSR count). The van der Waals surface area contributed by atoms with Crippen LogP contribution in [0.25, 0.3) is 0 Å². The number of aryl methyl sites for hydroxylation is 1. The first-order valence-corrected chi connectivity index (χ1v) is 21.2. The van der Waals surface area contributed by atoms with Crippen LogP contribution < -0.4 is 16.2 Å². The summed E-state index contributed by atoms with van der Waals surface area (Å²) in [6.07, 6.45) is -11.8. The van der Waals surface area contributed by atoms with Crippen molar-refractivity contribution in [3.05, 3.63) is 16.1 Å². The van der Waals surface area contributed by atoms with Gasteiger partial charge in [-0.2, -0.15) is 0 Å². The zero-order chi connectivity index (χ0) is 42.3. The second-order valence-corrected chi connectivity index (χ2v) is 17.0. The number of rotatable bonds is 14. The largest absolute Gasteiger partial charge is 0.394 e. The standard InChI is InChI=1S/C38H62N4O15S/c1-5-21-12-22(34(49)41-42-35(50)36-39-17(2)16-58-36)13-23(32(21)57-38-31(48)30(47)28(45)18(3)54-38)55-26-15-53-25(14-43)29(46)33(27(26)40-19(4)44)56-24(37(51)52)11-20-9-7-6-8-10-20/h16,18,20-33,37-38,43,45-48,51-52H,5-15H2,1-4H3,(H,40,44)(H,41,49)(H,42,50). The lowest BCUT2D eigenvalue weighted by molar-refractivity contribution is -0.322. The van der Waals surface area contributed by atoms with E-state index in [1.54, 1.807) is 12.3 Å². The predicted octanol–water partition coefficient (Wildman–Crippen LogP) is -1.09. The van der Waals surface area contributed by atoms with Gasteiger partial charge in [-0.15, -0.1) is 11.3 Å². The number of aliphatic hydroxyl groups excluding tert-OH is 6. The van der Waals surface area contributed by atoms with Crippen molar-refractivity contribution in [3.63, 3.8) is 0 Å². The molecule has 19 nitrogen and oxygen atoms in total. The van der Waals surface area contributed by atoms with E-state index in [1.165, 1.54) is 13.8 Å². The molecule has 20 heteroatoms. The number of thiazole rings is 1. The molecule has 15 unspecified atom stereocenters. The topological polar surface area (TPSA) is 288 Å². The number of hydrazine groups is 1. The van der Waals surface area contributed by atoms with Crippen LogP contribution in [0.4, 0.5) is 0 Å². The number of hydrogen-bond acceptors (Lipinski definition) is 17. The number of amides is 3. The van der Waals surface area contributed by atoms with Gasteiger partial charge in [0.05, 0.1) is 37.6 Å². The molecule has 0 radical (unpaired) electrons. The fraction of sp³-hybridized carbons (Fsp3) is 0.842. The number of aromatic nitrogens is 1. The molecule has 2 aliphatic heterocycles. The van der Waals surface area contributed by atoms with Crippen molar-refractivity contribution in [1.82, 2.24) is 21.2 Å².